The second-order valence-electron chi connectivity index (χ2n) is 7.10. The summed E-state index contributed by atoms with van der Waals surface area (Å²) >= 11 is 0. The number of aromatic nitrogens is 1. The lowest BCUT2D eigenvalue weighted by atomic mass is 9.77. The average Bonchev–Trinajstić information content (AvgIpc) is 3.12. The zero-order valence-electron chi connectivity index (χ0n) is 14.7. The number of hydrogen-bond acceptors (Lipinski definition) is 3. The molecule has 0 spiro atoms. The fraction of sp³-hybridized carbons (Fsp3) is 0.381. The van der Waals surface area contributed by atoms with E-state index < -0.39 is 0 Å². The molecule has 0 radical (unpaired) electrons. The van der Waals surface area contributed by atoms with Crippen molar-refractivity contribution in [3.05, 3.63) is 54.4 Å². The van der Waals surface area contributed by atoms with Crippen LogP contribution < -0.4 is 10.2 Å². The maximum Gasteiger partial charge on any atom is 0.230 e. The topological polar surface area (TPSA) is 62.3 Å². The van der Waals surface area contributed by atoms with Gasteiger partial charge >= 0.3 is 0 Å². The van der Waals surface area contributed by atoms with Gasteiger partial charge < -0.3 is 10.2 Å². The Hall–Kier alpha value is -2.69. The number of fused-ring (bicyclic) bond motifs is 1. The molecule has 2 heterocycles. The van der Waals surface area contributed by atoms with Gasteiger partial charge in [0.15, 0.2) is 0 Å². The molecule has 4 rings (SSSR count). The molecule has 2 aromatic rings. The fourth-order valence-corrected chi connectivity index (χ4v) is 4.18. The predicted molar refractivity (Wildman–Crippen MR) is 101 cm³/mol. The van der Waals surface area contributed by atoms with Gasteiger partial charge in [-0.05, 0) is 43.0 Å². The molecule has 0 saturated heterocycles. The van der Waals surface area contributed by atoms with Crippen molar-refractivity contribution in [2.24, 2.45) is 11.8 Å². The third-order valence-electron chi connectivity index (χ3n) is 5.50. The summed E-state index contributed by atoms with van der Waals surface area (Å²) in [5.74, 6) is -0.486. The van der Waals surface area contributed by atoms with Crippen LogP contribution in [0.2, 0.25) is 0 Å². The molecule has 2 unspecified atom stereocenters. The molecule has 5 heteroatoms. The Labute approximate surface area is 153 Å². The van der Waals surface area contributed by atoms with Crippen molar-refractivity contribution >= 4 is 23.2 Å². The number of para-hydroxylation sites is 1. The van der Waals surface area contributed by atoms with Gasteiger partial charge in [0.1, 0.15) is 0 Å². The van der Waals surface area contributed by atoms with Crippen LogP contribution in [-0.2, 0) is 16.0 Å². The van der Waals surface area contributed by atoms with E-state index in [9.17, 15) is 9.59 Å². The SMILES string of the molecule is O=C(Nc1cccnc1)C1CCCCC1C(=O)N1CCc2ccccc21. The Morgan fingerprint density at radius 2 is 1.85 bits per heavy atom. The lowest BCUT2D eigenvalue weighted by Gasteiger charge is -2.32. The van der Waals surface area contributed by atoms with E-state index in [1.54, 1.807) is 18.5 Å². The molecule has 1 fully saturated rings. The van der Waals surface area contributed by atoms with E-state index in [4.69, 9.17) is 0 Å². The number of carbonyl (C=O) groups is 2. The molecule has 1 N–H and O–H groups in total. The molecule has 1 aromatic heterocycles. The van der Waals surface area contributed by atoms with Crippen molar-refractivity contribution in [3.8, 4) is 0 Å². The van der Waals surface area contributed by atoms with Crippen molar-refractivity contribution < 1.29 is 9.59 Å². The third-order valence-corrected chi connectivity index (χ3v) is 5.50. The second-order valence-corrected chi connectivity index (χ2v) is 7.10. The highest BCUT2D eigenvalue weighted by Crippen LogP contribution is 2.36. The summed E-state index contributed by atoms with van der Waals surface area (Å²) in [6.07, 6.45) is 7.73. The van der Waals surface area contributed by atoms with E-state index in [0.717, 1.165) is 37.8 Å². The van der Waals surface area contributed by atoms with Gasteiger partial charge in [0.25, 0.3) is 0 Å². The Morgan fingerprint density at radius 1 is 1.04 bits per heavy atom. The highest BCUT2D eigenvalue weighted by atomic mass is 16.2. The number of carbonyl (C=O) groups excluding carboxylic acids is 2. The number of benzene rings is 1. The molecule has 2 amide bonds. The quantitative estimate of drug-likeness (QED) is 0.923. The Balaban J connectivity index is 1.52. The number of amides is 2. The normalized spacial score (nSPS) is 21.9. The van der Waals surface area contributed by atoms with Crippen LogP contribution in [0.25, 0.3) is 0 Å². The van der Waals surface area contributed by atoms with Crippen molar-refractivity contribution in [1.29, 1.82) is 0 Å². The molecule has 26 heavy (non-hydrogen) atoms. The number of rotatable bonds is 3. The lowest BCUT2D eigenvalue weighted by molar-refractivity contribution is -0.132. The summed E-state index contributed by atoms with van der Waals surface area (Å²) in [5, 5.41) is 2.93. The minimum atomic E-state index is -0.274. The first kappa shape index (κ1) is 16.8. The summed E-state index contributed by atoms with van der Waals surface area (Å²) in [5.41, 5.74) is 2.91. The van der Waals surface area contributed by atoms with Gasteiger partial charge in [-0.1, -0.05) is 31.0 Å². The summed E-state index contributed by atoms with van der Waals surface area (Å²) in [6, 6.07) is 11.7. The van der Waals surface area contributed by atoms with Gasteiger partial charge in [0.05, 0.1) is 17.8 Å². The van der Waals surface area contributed by atoms with Crippen molar-refractivity contribution in [2.45, 2.75) is 32.1 Å². The van der Waals surface area contributed by atoms with Crippen molar-refractivity contribution in [1.82, 2.24) is 4.98 Å². The number of pyridine rings is 1. The first-order chi connectivity index (χ1) is 12.7. The molecule has 134 valence electrons. The zero-order valence-corrected chi connectivity index (χ0v) is 14.7. The molecule has 1 saturated carbocycles. The molecule has 1 aromatic carbocycles. The lowest BCUT2D eigenvalue weighted by Crippen LogP contribution is -2.43. The summed E-state index contributed by atoms with van der Waals surface area (Å²) in [4.78, 5) is 32.0. The van der Waals surface area contributed by atoms with Crippen LogP contribution in [0.3, 0.4) is 0 Å². The van der Waals surface area contributed by atoms with Crippen molar-refractivity contribution in [2.75, 3.05) is 16.8 Å². The van der Waals surface area contributed by atoms with Crippen LogP contribution in [-0.4, -0.2) is 23.3 Å². The van der Waals surface area contributed by atoms with E-state index in [-0.39, 0.29) is 23.7 Å². The van der Waals surface area contributed by atoms with E-state index >= 15 is 0 Å². The van der Waals surface area contributed by atoms with Gasteiger partial charge in [-0.15, -0.1) is 0 Å². The molecule has 2 aliphatic rings. The minimum absolute atomic E-state index is 0.0662. The molecular formula is C21H23N3O2. The molecule has 2 atom stereocenters. The first-order valence-electron chi connectivity index (χ1n) is 9.34. The molecule has 1 aliphatic carbocycles. The van der Waals surface area contributed by atoms with Crippen LogP contribution in [0, 0.1) is 11.8 Å². The Morgan fingerprint density at radius 3 is 2.65 bits per heavy atom. The Bertz CT molecular complexity index is 806. The Kier molecular flexibility index (Phi) is 4.69. The number of nitrogens with zero attached hydrogens (tertiary/aromatic N) is 2. The maximum absolute atomic E-state index is 13.3. The van der Waals surface area contributed by atoms with E-state index in [1.807, 2.05) is 29.2 Å². The smallest absolute Gasteiger partial charge is 0.230 e. The molecule has 0 bridgehead atoms. The maximum atomic E-state index is 13.3. The standard InChI is InChI=1S/C21H23N3O2/c25-20(23-16-7-5-12-22-14-16)17-8-2-3-9-18(17)21(26)24-13-11-15-6-1-4-10-19(15)24/h1,4-7,10,12,14,17-18H,2-3,8-9,11,13H2,(H,23,25). The van der Waals surface area contributed by atoms with Gasteiger partial charge in [-0.2, -0.15) is 0 Å². The van der Waals surface area contributed by atoms with E-state index in [2.05, 4.69) is 16.4 Å². The fourth-order valence-electron chi connectivity index (χ4n) is 4.18. The minimum Gasteiger partial charge on any atom is -0.324 e. The average molecular weight is 349 g/mol. The van der Waals surface area contributed by atoms with Gasteiger partial charge in [0.2, 0.25) is 11.8 Å². The third kappa shape index (κ3) is 3.21. The highest BCUT2D eigenvalue weighted by molar-refractivity contribution is 6.02. The van der Waals surface area contributed by atoms with Crippen LogP contribution in [0.4, 0.5) is 11.4 Å². The predicted octanol–water partition coefficient (Wildman–Crippen LogP) is 3.42. The highest BCUT2D eigenvalue weighted by Gasteiger charge is 2.39. The van der Waals surface area contributed by atoms with Gasteiger partial charge in [0, 0.05) is 24.3 Å². The van der Waals surface area contributed by atoms with E-state index in [1.165, 1.54) is 5.56 Å². The first-order valence-corrected chi connectivity index (χ1v) is 9.34. The van der Waals surface area contributed by atoms with Gasteiger partial charge in [-0.25, -0.2) is 0 Å². The summed E-state index contributed by atoms with van der Waals surface area (Å²) < 4.78 is 0. The molecule has 5 nitrogen and oxygen atoms in total. The van der Waals surface area contributed by atoms with Crippen LogP contribution >= 0.6 is 0 Å². The molecular weight excluding hydrogens is 326 g/mol. The number of hydrogen-bond donors (Lipinski definition) is 1. The number of nitrogens with one attached hydrogen (secondary N) is 1. The van der Waals surface area contributed by atoms with E-state index in [0.29, 0.717) is 12.2 Å². The van der Waals surface area contributed by atoms with Crippen LogP contribution in [0.1, 0.15) is 31.2 Å². The van der Waals surface area contributed by atoms with Crippen molar-refractivity contribution in [3.63, 3.8) is 0 Å². The summed E-state index contributed by atoms with van der Waals surface area (Å²) in [6.45, 7) is 0.714. The zero-order chi connectivity index (χ0) is 17.9. The monoisotopic (exact) mass is 349 g/mol. The number of anilines is 2. The second kappa shape index (κ2) is 7.28. The largest absolute Gasteiger partial charge is 0.324 e. The van der Waals surface area contributed by atoms with Gasteiger partial charge in [-0.3, -0.25) is 14.6 Å². The summed E-state index contributed by atoms with van der Waals surface area (Å²) in [7, 11) is 0. The van der Waals surface area contributed by atoms with Crippen LogP contribution in [0.15, 0.2) is 48.8 Å². The molecule has 1 aliphatic heterocycles. The van der Waals surface area contributed by atoms with Crippen LogP contribution in [0.5, 0.6) is 0 Å².